The monoisotopic (exact) mass is 1070 g/mol. The SMILES string of the molecule is CC/C=C\C/C=C\C/C=C\C/C=C\C/C=C\CCCCCC(=O)OCC(COC1OC(C(=O)O)C(O)C(O)C1OC(=O)C/C=C\C/C=C\C/C=C\C/C=C\C/C=C\CC)OC(=O)CCCCCCCCCCCCCCC. The van der Waals surface area contributed by atoms with Crippen molar-refractivity contribution < 1.29 is 58.2 Å². The Bertz CT molecular complexity index is 1800. The van der Waals surface area contributed by atoms with E-state index in [1.54, 1.807) is 12.2 Å². The maximum absolute atomic E-state index is 13.1. The van der Waals surface area contributed by atoms with E-state index in [2.05, 4.69) is 118 Å². The van der Waals surface area contributed by atoms with Gasteiger partial charge in [-0.2, -0.15) is 0 Å². The van der Waals surface area contributed by atoms with E-state index < -0.39 is 67.3 Å². The molecule has 1 aliphatic heterocycles. The van der Waals surface area contributed by atoms with Crippen molar-refractivity contribution in [1.82, 2.24) is 0 Å². The maximum Gasteiger partial charge on any atom is 0.335 e. The molecular weight excluding hydrogens is 973 g/mol. The Balaban J connectivity index is 2.76. The number of esters is 3. The number of unbranched alkanes of at least 4 members (excludes halogenated alkanes) is 15. The smallest absolute Gasteiger partial charge is 0.335 e. The fraction of sp³-hybridized carbons (Fsp3) is 0.631. The van der Waals surface area contributed by atoms with Crippen LogP contribution in [-0.2, 0) is 42.9 Å². The van der Waals surface area contributed by atoms with Crippen LogP contribution in [0.4, 0.5) is 0 Å². The molecule has 77 heavy (non-hydrogen) atoms. The van der Waals surface area contributed by atoms with Crippen LogP contribution >= 0.6 is 0 Å². The number of rotatable bonds is 48. The predicted molar refractivity (Wildman–Crippen MR) is 312 cm³/mol. The lowest BCUT2D eigenvalue weighted by Gasteiger charge is -2.40. The highest BCUT2D eigenvalue weighted by molar-refractivity contribution is 5.74. The van der Waals surface area contributed by atoms with Crippen LogP contribution in [0, 0.1) is 0 Å². The van der Waals surface area contributed by atoms with E-state index in [9.17, 15) is 34.5 Å². The number of aliphatic hydroxyl groups excluding tert-OH is 2. The van der Waals surface area contributed by atoms with Crippen molar-refractivity contribution in [3.63, 3.8) is 0 Å². The number of carbonyl (C=O) groups is 4. The molecule has 0 radical (unpaired) electrons. The summed E-state index contributed by atoms with van der Waals surface area (Å²) < 4.78 is 28.3. The zero-order chi connectivity index (χ0) is 56.1. The van der Waals surface area contributed by atoms with Gasteiger partial charge in [-0.25, -0.2) is 4.79 Å². The second-order valence-corrected chi connectivity index (χ2v) is 19.5. The Labute approximate surface area is 465 Å². The quantitative estimate of drug-likeness (QED) is 0.0228. The molecule has 0 amide bonds. The standard InChI is InChI=1S/C65H102O12/c1-4-7-10-13-16-19-22-25-27-28-29-30-32-34-36-39-42-45-48-51-57(66)73-54-56(75-58(67)52-49-46-43-40-37-33-24-21-18-15-12-9-6-3)55-74-65-63(61(70)60(69)62(77-65)64(71)72)76-59(68)53-50-47-44-41-38-35-31-26-23-20-17-14-11-8-5-2/h7-8,10-11,16-17,19-20,25-27,29-31,34,36,38,41,47,50,56,60-63,65,69-70H,4-6,9,12-15,18,21-24,28,32-33,35,37,39-40,42-46,48-49,51-55H2,1-3H3,(H,71,72)/b10-7-,11-8-,19-16-,20-17-,27-25-,30-29-,31-26-,36-34-,41-38-,50-47-. The van der Waals surface area contributed by atoms with Gasteiger partial charge in [-0.05, 0) is 89.9 Å². The van der Waals surface area contributed by atoms with E-state index in [1.165, 1.54) is 57.8 Å². The Kier molecular flexibility index (Phi) is 47.2. The summed E-state index contributed by atoms with van der Waals surface area (Å²) in [6.07, 6.45) is 59.1. The first-order chi connectivity index (χ1) is 37.6. The zero-order valence-corrected chi connectivity index (χ0v) is 47.7. The summed E-state index contributed by atoms with van der Waals surface area (Å²) in [6, 6.07) is 0. The molecule has 1 rings (SSSR count). The van der Waals surface area contributed by atoms with Crippen LogP contribution < -0.4 is 0 Å². The summed E-state index contributed by atoms with van der Waals surface area (Å²) in [5.74, 6) is -3.34. The normalized spacial score (nSPS) is 18.9. The molecule has 12 heteroatoms. The molecule has 1 aliphatic rings. The van der Waals surface area contributed by atoms with Crippen LogP contribution in [0.15, 0.2) is 122 Å². The lowest BCUT2D eigenvalue weighted by Crippen LogP contribution is -2.61. The van der Waals surface area contributed by atoms with Gasteiger partial charge in [-0.3, -0.25) is 14.4 Å². The number of carbonyl (C=O) groups excluding carboxylic acids is 3. The first kappa shape index (κ1) is 70.1. The maximum atomic E-state index is 13.1. The van der Waals surface area contributed by atoms with E-state index in [1.807, 2.05) is 12.2 Å². The van der Waals surface area contributed by atoms with Gasteiger partial charge in [0.2, 0.25) is 0 Å². The number of carboxylic acids is 1. The molecule has 0 aromatic carbocycles. The molecule has 0 aromatic rings. The molecule has 6 atom stereocenters. The number of aliphatic carboxylic acids is 1. The molecular formula is C65H102O12. The molecule has 6 unspecified atom stereocenters. The van der Waals surface area contributed by atoms with Crippen molar-refractivity contribution in [3.05, 3.63) is 122 Å². The molecule has 3 N–H and O–H groups in total. The highest BCUT2D eigenvalue weighted by Gasteiger charge is 2.50. The van der Waals surface area contributed by atoms with Crippen LogP contribution in [0.1, 0.15) is 213 Å². The van der Waals surface area contributed by atoms with Crippen molar-refractivity contribution in [2.75, 3.05) is 13.2 Å². The number of hydrogen-bond acceptors (Lipinski definition) is 11. The van der Waals surface area contributed by atoms with Gasteiger partial charge in [0, 0.05) is 12.8 Å². The molecule has 1 heterocycles. The summed E-state index contributed by atoms with van der Waals surface area (Å²) in [5.41, 5.74) is 0. The van der Waals surface area contributed by atoms with Crippen LogP contribution in [0.25, 0.3) is 0 Å². The minimum atomic E-state index is -1.94. The molecule has 12 nitrogen and oxygen atoms in total. The van der Waals surface area contributed by atoms with Crippen LogP contribution in [0.2, 0.25) is 0 Å². The second-order valence-electron chi connectivity index (χ2n) is 19.5. The van der Waals surface area contributed by atoms with Crippen molar-refractivity contribution in [3.8, 4) is 0 Å². The molecule has 0 bridgehead atoms. The summed E-state index contributed by atoms with van der Waals surface area (Å²) in [4.78, 5) is 51.1. The van der Waals surface area contributed by atoms with Gasteiger partial charge in [-0.15, -0.1) is 0 Å². The number of allylic oxidation sites excluding steroid dienone is 19. The fourth-order valence-corrected chi connectivity index (χ4v) is 8.12. The van der Waals surface area contributed by atoms with Gasteiger partial charge in [0.15, 0.2) is 24.6 Å². The first-order valence-corrected chi connectivity index (χ1v) is 29.5. The van der Waals surface area contributed by atoms with Crippen LogP contribution in [-0.4, -0.2) is 89.2 Å². The van der Waals surface area contributed by atoms with E-state index in [-0.39, 0.29) is 25.9 Å². The van der Waals surface area contributed by atoms with Crippen molar-refractivity contribution in [1.29, 1.82) is 0 Å². The fourth-order valence-electron chi connectivity index (χ4n) is 8.12. The number of aliphatic hydroxyl groups is 2. The predicted octanol–water partition coefficient (Wildman–Crippen LogP) is 15.2. The van der Waals surface area contributed by atoms with Gasteiger partial charge >= 0.3 is 23.9 Å². The van der Waals surface area contributed by atoms with Gasteiger partial charge in [0.25, 0.3) is 0 Å². The Morgan fingerprint density at radius 3 is 1.31 bits per heavy atom. The number of ether oxygens (including phenoxy) is 5. The average molecular weight is 1080 g/mol. The van der Waals surface area contributed by atoms with Gasteiger partial charge in [-0.1, -0.05) is 226 Å². The third-order valence-electron chi connectivity index (χ3n) is 12.6. The third-order valence-corrected chi connectivity index (χ3v) is 12.6. The van der Waals surface area contributed by atoms with Crippen molar-refractivity contribution in [2.45, 2.75) is 250 Å². The Morgan fingerprint density at radius 2 is 0.857 bits per heavy atom. The van der Waals surface area contributed by atoms with E-state index in [4.69, 9.17) is 23.7 Å². The summed E-state index contributed by atoms with van der Waals surface area (Å²) in [7, 11) is 0. The van der Waals surface area contributed by atoms with Gasteiger partial charge in [0.1, 0.15) is 18.8 Å². The highest BCUT2D eigenvalue weighted by atomic mass is 16.7. The lowest BCUT2D eigenvalue weighted by atomic mass is 9.98. The zero-order valence-electron chi connectivity index (χ0n) is 47.7. The Morgan fingerprint density at radius 1 is 0.455 bits per heavy atom. The highest BCUT2D eigenvalue weighted by Crippen LogP contribution is 2.26. The van der Waals surface area contributed by atoms with E-state index >= 15 is 0 Å². The summed E-state index contributed by atoms with van der Waals surface area (Å²) >= 11 is 0. The number of hydrogen-bond donors (Lipinski definition) is 3. The molecule has 0 aliphatic carbocycles. The Hall–Kier alpha value is -4.88. The van der Waals surface area contributed by atoms with Crippen molar-refractivity contribution >= 4 is 23.9 Å². The average Bonchev–Trinajstić information content (AvgIpc) is 3.42. The van der Waals surface area contributed by atoms with Crippen LogP contribution in [0.5, 0.6) is 0 Å². The van der Waals surface area contributed by atoms with Crippen molar-refractivity contribution in [2.24, 2.45) is 0 Å². The summed E-state index contributed by atoms with van der Waals surface area (Å²) in [5, 5.41) is 31.4. The molecule has 0 aromatic heterocycles. The molecule has 0 saturated carbocycles. The molecule has 434 valence electrons. The van der Waals surface area contributed by atoms with E-state index in [0.717, 1.165) is 96.3 Å². The lowest BCUT2D eigenvalue weighted by molar-refractivity contribution is -0.301. The topological polar surface area (TPSA) is 175 Å². The molecule has 1 saturated heterocycles. The van der Waals surface area contributed by atoms with E-state index in [0.29, 0.717) is 19.3 Å². The van der Waals surface area contributed by atoms with Gasteiger partial charge in [0.05, 0.1) is 13.0 Å². The third kappa shape index (κ3) is 41.8. The largest absolute Gasteiger partial charge is 0.479 e. The number of carboxylic acid groups (broad SMARTS) is 1. The first-order valence-electron chi connectivity index (χ1n) is 29.5. The van der Waals surface area contributed by atoms with Crippen LogP contribution in [0.3, 0.4) is 0 Å². The van der Waals surface area contributed by atoms with Gasteiger partial charge < -0.3 is 39.0 Å². The molecule has 1 fully saturated rings. The molecule has 0 spiro atoms. The minimum absolute atomic E-state index is 0.141. The minimum Gasteiger partial charge on any atom is -0.479 e. The second kappa shape index (κ2) is 51.9. The summed E-state index contributed by atoms with van der Waals surface area (Å²) in [6.45, 7) is 5.68.